The van der Waals surface area contributed by atoms with Crippen LogP contribution in [0.15, 0.2) is 24.3 Å². The van der Waals surface area contributed by atoms with Crippen molar-refractivity contribution in [1.82, 2.24) is 20.2 Å². The van der Waals surface area contributed by atoms with Gasteiger partial charge in [-0.2, -0.15) is 0 Å². The second kappa shape index (κ2) is 6.13. The van der Waals surface area contributed by atoms with Gasteiger partial charge in [0, 0.05) is 6.54 Å². The molecule has 1 heterocycles. The van der Waals surface area contributed by atoms with Gasteiger partial charge in [0.15, 0.2) is 15.7 Å². The van der Waals surface area contributed by atoms with E-state index in [0.29, 0.717) is 12.4 Å². The van der Waals surface area contributed by atoms with Crippen molar-refractivity contribution in [2.75, 3.05) is 0 Å². The van der Waals surface area contributed by atoms with Gasteiger partial charge in [-0.05, 0) is 29.3 Å². The molecule has 1 aromatic heterocycles. The van der Waals surface area contributed by atoms with Crippen LogP contribution in [0, 0.1) is 6.92 Å². The van der Waals surface area contributed by atoms with E-state index >= 15 is 0 Å². The summed E-state index contributed by atoms with van der Waals surface area (Å²) in [5.41, 5.74) is 1.84. The average Bonchev–Trinajstić information content (AvgIpc) is 2.75. The van der Waals surface area contributed by atoms with E-state index in [9.17, 15) is 8.42 Å². The van der Waals surface area contributed by atoms with Crippen molar-refractivity contribution in [2.45, 2.75) is 38.3 Å². The summed E-state index contributed by atoms with van der Waals surface area (Å²) < 4.78 is 26.0. The topological polar surface area (TPSA) is 77.7 Å². The van der Waals surface area contributed by atoms with E-state index in [1.807, 2.05) is 38.1 Å². The summed E-state index contributed by atoms with van der Waals surface area (Å²) in [6.45, 7) is 4.56. The molecular weight excluding hydrogens is 276 g/mol. The molecule has 0 N–H and O–H groups in total. The van der Waals surface area contributed by atoms with E-state index in [0.717, 1.165) is 17.5 Å². The number of aryl methyl sites for hydroxylation is 2. The molecule has 0 bridgehead atoms. The van der Waals surface area contributed by atoms with Crippen LogP contribution >= 0.6 is 0 Å². The first-order valence-electron chi connectivity index (χ1n) is 6.51. The Morgan fingerprint density at radius 1 is 1.25 bits per heavy atom. The van der Waals surface area contributed by atoms with Gasteiger partial charge >= 0.3 is 0 Å². The van der Waals surface area contributed by atoms with Crippen molar-refractivity contribution < 1.29 is 8.42 Å². The summed E-state index contributed by atoms with van der Waals surface area (Å²) in [5, 5.41) is 11.1. The van der Waals surface area contributed by atoms with Crippen LogP contribution < -0.4 is 0 Å². The molecular formula is C13H18N4O2S. The van der Waals surface area contributed by atoms with Gasteiger partial charge in [-0.3, -0.25) is 0 Å². The Bertz CT molecular complexity index is 679. The number of tetrazole rings is 1. The summed E-state index contributed by atoms with van der Waals surface area (Å²) in [5.74, 6) is 0.279. The standard InChI is InChI=1S/C13H18N4O2S/c1-3-7-17-13(14-15-16-17)10-20(18,19)9-12-6-4-5-11(2)8-12/h4-6,8H,3,7,9-10H2,1-2H3. The highest BCUT2D eigenvalue weighted by atomic mass is 32.2. The summed E-state index contributed by atoms with van der Waals surface area (Å²) in [7, 11) is -3.28. The Balaban J connectivity index is 2.13. The van der Waals surface area contributed by atoms with E-state index in [2.05, 4.69) is 15.5 Å². The van der Waals surface area contributed by atoms with Crippen molar-refractivity contribution in [3.8, 4) is 0 Å². The Kier molecular flexibility index (Phi) is 4.49. The van der Waals surface area contributed by atoms with Gasteiger partial charge in [-0.15, -0.1) is 5.10 Å². The van der Waals surface area contributed by atoms with Crippen molar-refractivity contribution >= 4 is 9.84 Å². The maximum atomic E-state index is 12.2. The number of hydrogen-bond acceptors (Lipinski definition) is 5. The lowest BCUT2D eigenvalue weighted by Crippen LogP contribution is -2.13. The van der Waals surface area contributed by atoms with Crippen LogP contribution in [0.3, 0.4) is 0 Å². The molecule has 6 nitrogen and oxygen atoms in total. The maximum Gasteiger partial charge on any atom is 0.166 e. The minimum atomic E-state index is -3.28. The first-order valence-corrected chi connectivity index (χ1v) is 8.33. The fourth-order valence-corrected chi connectivity index (χ4v) is 3.41. The van der Waals surface area contributed by atoms with Crippen molar-refractivity contribution in [3.05, 3.63) is 41.2 Å². The molecule has 0 spiro atoms. The first kappa shape index (κ1) is 14.6. The third-order valence-electron chi connectivity index (χ3n) is 2.86. The molecule has 0 aliphatic heterocycles. The molecule has 0 unspecified atom stereocenters. The summed E-state index contributed by atoms with van der Waals surface area (Å²) in [6.07, 6.45) is 0.857. The number of hydrogen-bond donors (Lipinski definition) is 0. The molecule has 0 amide bonds. The maximum absolute atomic E-state index is 12.2. The highest BCUT2D eigenvalue weighted by molar-refractivity contribution is 7.89. The number of nitrogens with zero attached hydrogens (tertiary/aromatic N) is 4. The zero-order valence-electron chi connectivity index (χ0n) is 11.7. The lowest BCUT2D eigenvalue weighted by molar-refractivity contribution is 0.555. The highest BCUT2D eigenvalue weighted by Gasteiger charge is 2.18. The third-order valence-corrected chi connectivity index (χ3v) is 4.33. The van der Waals surface area contributed by atoms with Crippen LogP contribution in [0.25, 0.3) is 0 Å². The second-order valence-electron chi connectivity index (χ2n) is 4.84. The van der Waals surface area contributed by atoms with Gasteiger partial charge in [0.2, 0.25) is 0 Å². The van der Waals surface area contributed by atoms with Gasteiger partial charge in [-0.1, -0.05) is 36.8 Å². The molecule has 0 radical (unpaired) electrons. The fraction of sp³-hybridized carbons (Fsp3) is 0.462. The minimum Gasteiger partial charge on any atom is -0.229 e. The van der Waals surface area contributed by atoms with Crippen LogP contribution in [0.4, 0.5) is 0 Å². The molecule has 2 aromatic rings. The second-order valence-corrected chi connectivity index (χ2v) is 6.90. The molecule has 2 rings (SSSR count). The fourth-order valence-electron chi connectivity index (χ4n) is 2.02. The van der Waals surface area contributed by atoms with Gasteiger partial charge in [0.25, 0.3) is 0 Å². The third kappa shape index (κ3) is 3.86. The lowest BCUT2D eigenvalue weighted by Gasteiger charge is -2.06. The normalized spacial score (nSPS) is 11.7. The van der Waals surface area contributed by atoms with Gasteiger partial charge in [0.05, 0.1) is 5.75 Å². The number of rotatable bonds is 6. The molecule has 0 saturated heterocycles. The molecule has 1 aromatic carbocycles. The van der Waals surface area contributed by atoms with Crippen LogP contribution in [-0.4, -0.2) is 28.6 Å². The SMILES string of the molecule is CCCn1nnnc1CS(=O)(=O)Cc1cccc(C)c1. The smallest absolute Gasteiger partial charge is 0.166 e. The van der Waals surface area contributed by atoms with E-state index in [-0.39, 0.29) is 11.5 Å². The van der Waals surface area contributed by atoms with Crippen molar-refractivity contribution in [2.24, 2.45) is 0 Å². The number of sulfone groups is 1. The van der Waals surface area contributed by atoms with Crippen LogP contribution in [0.1, 0.15) is 30.3 Å². The monoisotopic (exact) mass is 294 g/mol. The van der Waals surface area contributed by atoms with Crippen molar-refractivity contribution in [3.63, 3.8) is 0 Å². The largest absolute Gasteiger partial charge is 0.229 e. The van der Waals surface area contributed by atoms with E-state index in [1.54, 1.807) is 4.68 Å². The predicted octanol–water partition coefficient (Wildman–Crippen LogP) is 1.51. The molecule has 0 aliphatic rings. The zero-order chi connectivity index (χ0) is 14.6. The quantitative estimate of drug-likeness (QED) is 0.807. The highest BCUT2D eigenvalue weighted by Crippen LogP contribution is 2.12. The van der Waals surface area contributed by atoms with E-state index < -0.39 is 9.84 Å². The number of benzene rings is 1. The van der Waals surface area contributed by atoms with Crippen LogP contribution in [-0.2, 0) is 27.9 Å². The minimum absolute atomic E-state index is 0.00760. The Morgan fingerprint density at radius 3 is 2.75 bits per heavy atom. The van der Waals surface area contributed by atoms with E-state index in [1.165, 1.54) is 0 Å². The molecule has 108 valence electrons. The van der Waals surface area contributed by atoms with Crippen LogP contribution in [0.5, 0.6) is 0 Å². The van der Waals surface area contributed by atoms with Crippen LogP contribution in [0.2, 0.25) is 0 Å². The Morgan fingerprint density at radius 2 is 2.05 bits per heavy atom. The summed E-state index contributed by atoms with van der Waals surface area (Å²) in [4.78, 5) is 0. The predicted molar refractivity (Wildman–Crippen MR) is 75.6 cm³/mol. The molecule has 0 saturated carbocycles. The molecule has 20 heavy (non-hydrogen) atoms. The van der Waals surface area contributed by atoms with Gasteiger partial charge < -0.3 is 0 Å². The molecule has 7 heteroatoms. The lowest BCUT2D eigenvalue weighted by atomic mass is 10.2. The molecule has 0 aliphatic carbocycles. The van der Waals surface area contributed by atoms with E-state index in [4.69, 9.17) is 0 Å². The Hall–Kier alpha value is -1.76. The number of aromatic nitrogens is 4. The van der Waals surface area contributed by atoms with Gasteiger partial charge in [-0.25, -0.2) is 13.1 Å². The first-order chi connectivity index (χ1) is 9.50. The zero-order valence-corrected chi connectivity index (χ0v) is 12.5. The average molecular weight is 294 g/mol. The molecule has 0 fully saturated rings. The van der Waals surface area contributed by atoms with Crippen molar-refractivity contribution in [1.29, 1.82) is 0 Å². The van der Waals surface area contributed by atoms with Gasteiger partial charge in [0.1, 0.15) is 5.75 Å². The summed E-state index contributed by atoms with van der Waals surface area (Å²) in [6, 6.07) is 7.51. The Labute approximate surface area is 118 Å². The molecule has 0 atom stereocenters. The summed E-state index contributed by atoms with van der Waals surface area (Å²) >= 11 is 0.